The summed E-state index contributed by atoms with van der Waals surface area (Å²) < 4.78 is 17.8. The summed E-state index contributed by atoms with van der Waals surface area (Å²) in [5, 5.41) is 0. The van der Waals surface area contributed by atoms with Crippen LogP contribution in [0.3, 0.4) is 0 Å². The number of hydrogen-bond donors (Lipinski definition) is 6. The van der Waals surface area contributed by atoms with Crippen LogP contribution in [0.15, 0.2) is 0 Å². The summed E-state index contributed by atoms with van der Waals surface area (Å²) in [6, 6.07) is 0. The molecular weight excluding hydrogens is 280 g/mol. The van der Waals surface area contributed by atoms with Crippen LogP contribution in [0.1, 0.15) is 2.85 Å². The third kappa shape index (κ3) is 504. The molecule has 0 radical (unpaired) electrons. The van der Waals surface area contributed by atoms with E-state index in [1.54, 1.807) is 0 Å². The van der Waals surface area contributed by atoms with Gasteiger partial charge in [0, 0.05) is 19.5 Å². The minimum atomic E-state index is -4.64. The van der Waals surface area contributed by atoms with Gasteiger partial charge in [0.05, 0.1) is 0 Å². The fourth-order valence-corrected chi connectivity index (χ4v) is 0. The third-order valence-corrected chi connectivity index (χ3v) is 0. The molecule has 0 amide bonds. The Balaban J connectivity index is -0.0000000178. The van der Waals surface area contributed by atoms with E-state index in [4.69, 9.17) is 38.5 Å². The zero-order valence-electron chi connectivity index (χ0n) is 7.81. The minimum Gasteiger partial charge on any atom is -1.00 e. The molecule has 0 saturated heterocycles. The molecule has 0 spiro atoms. The Bertz CT molecular complexity index is 138. The van der Waals surface area contributed by atoms with Crippen molar-refractivity contribution in [2.75, 3.05) is 0 Å². The van der Waals surface area contributed by atoms with Crippen molar-refractivity contribution in [3.05, 3.63) is 0 Å². The summed E-state index contributed by atoms with van der Waals surface area (Å²) in [6.07, 6.45) is 0. The van der Waals surface area contributed by atoms with Crippen LogP contribution in [-0.2, 0) is 28.6 Å². The van der Waals surface area contributed by atoms with Gasteiger partial charge in [-0.15, -0.1) is 0 Å². The average molecular weight is 288 g/mol. The molecule has 0 saturated carbocycles. The first-order valence-corrected chi connectivity index (χ1v) is 4.70. The van der Waals surface area contributed by atoms with E-state index in [-0.39, 0.29) is 45.4 Å². The quantitative estimate of drug-likeness (QED) is 0.220. The molecule has 0 heterocycles. The van der Waals surface area contributed by atoms with Crippen molar-refractivity contribution < 1.29 is 60.8 Å². The Morgan fingerprint density at radius 1 is 0.750 bits per heavy atom. The molecule has 70 valence electrons. The molecule has 0 aliphatic carbocycles. The molecule has 0 aromatic carbocycles. The van der Waals surface area contributed by atoms with E-state index in [1.165, 1.54) is 0 Å². The predicted octanol–water partition coefficient (Wildman–Crippen LogP) is -2.02. The van der Waals surface area contributed by atoms with E-state index < -0.39 is 15.6 Å². The van der Waals surface area contributed by atoms with Crippen molar-refractivity contribution in [2.24, 2.45) is 0 Å². The average Bonchev–Trinajstić information content (AvgIpc) is 1.12. The molecule has 0 bridgehead atoms. The summed E-state index contributed by atoms with van der Waals surface area (Å²) >= 11 is 0. The van der Waals surface area contributed by atoms with Gasteiger partial charge >= 0.3 is 38.7 Å². The molecule has 0 aliphatic rings. The van der Waals surface area contributed by atoms with Crippen molar-refractivity contribution in [2.45, 2.75) is 0 Å². The van der Waals surface area contributed by atoms with Crippen molar-refractivity contribution in [3.8, 4) is 0 Å². The first-order valence-electron chi connectivity index (χ1n) is 1.57. The Labute approximate surface area is 99.4 Å². The standard InChI is InChI=1S/Mg.2H3O4P.Zn.2H/c;2*1-5(2,3)4;;;/h;2*(H3,1,2,3,4);;;/q+2;;;;2*-1. The van der Waals surface area contributed by atoms with Crippen LogP contribution in [-0.4, -0.2) is 52.4 Å². The van der Waals surface area contributed by atoms with Gasteiger partial charge < -0.3 is 32.2 Å². The molecular formula is H8MgO8P2Zn. The summed E-state index contributed by atoms with van der Waals surface area (Å²) in [4.78, 5) is 43.1. The van der Waals surface area contributed by atoms with Gasteiger partial charge in [0.15, 0.2) is 0 Å². The van der Waals surface area contributed by atoms with E-state index in [9.17, 15) is 0 Å². The van der Waals surface area contributed by atoms with Crippen molar-refractivity contribution in [3.63, 3.8) is 0 Å². The molecule has 0 aromatic heterocycles. The maximum atomic E-state index is 8.88. The Hall–Kier alpha value is 1.61. The molecule has 12 heavy (non-hydrogen) atoms. The molecule has 0 fully saturated rings. The molecule has 0 aliphatic heterocycles. The second-order valence-electron chi connectivity index (χ2n) is 1.03. The topological polar surface area (TPSA) is 156 Å². The number of hydrogen-bond acceptors (Lipinski definition) is 2. The van der Waals surface area contributed by atoms with Gasteiger partial charge in [0.1, 0.15) is 0 Å². The predicted molar refractivity (Wildman–Crippen MR) is 36.5 cm³/mol. The smallest absolute Gasteiger partial charge is 1.00 e. The SMILES string of the molecule is O=P(O)(O)O.O=P(O)(O)O.[H-].[H-].[Mg+2].[Zn]. The van der Waals surface area contributed by atoms with Crippen LogP contribution in [0, 0.1) is 0 Å². The zero-order valence-corrected chi connectivity index (χ0v) is 12.0. The summed E-state index contributed by atoms with van der Waals surface area (Å²) in [5.74, 6) is 0. The van der Waals surface area contributed by atoms with E-state index in [1.807, 2.05) is 0 Å². The van der Waals surface area contributed by atoms with Gasteiger partial charge in [-0.05, 0) is 0 Å². The molecule has 0 unspecified atom stereocenters. The first-order chi connectivity index (χ1) is 4.00. The maximum absolute atomic E-state index is 8.88. The summed E-state index contributed by atoms with van der Waals surface area (Å²) in [6.45, 7) is 0. The number of phosphoric acid groups is 2. The van der Waals surface area contributed by atoms with Gasteiger partial charge in [-0.1, -0.05) is 0 Å². The van der Waals surface area contributed by atoms with Gasteiger partial charge in [-0.2, -0.15) is 0 Å². The van der Waals surface area contributed by atoms with Crippen molar-refractivity contribution >= 4 is 38.7 Å². The fourth-order valence-electron chi connectivity index (χ4n) is 0. The largest absolute Gasteiger partial charge is 2.00 e. The van der Waals surface area contributed by atoms with Crippen molar-refractivity contribution in [1.82, 2.24) is 0 Å². The molecule has 8 nitrogen and oxygen atoms in total. The van der Waals surface area contributed by atoms with Crippen LogP contribution in [0.2, 0.25) is 0 Å². The Morgan fingerprint density at radius 2 is 0.750 bits per heavy atom. The van der Waals surface area contributed by atoms with E-state index >= 15 is 0 Å². The van der Waals surface area contributed by atoms with Crippen molar-refractivity contribution in [1.29, 1.82) is 0 Å². The van der Waals surface area contributed by atoms with Crippen LogP contribution in [0.4, 0.5) is 0 Å². The van der Waals surface area contributed by atoms with E-state index in [0.717, 1.165) is 0 Å². The van der Waals surface area contributed by atoms with Crippen LogP contribution < -0.4 is 0 Å². The molecule has 0 aromatic rings. The molecule has 12 heteroatoms. The Morgan fingerprint density at radius 3 is 0.750 bits per heavy atom. The van der Waals surface area contributed by atoms with E-state index in [0.29, 0.717) is 0 Å². The van der Waals surface area contributed by atoms with Gasteiger partial charge in [-0.3, -0.25) is 0 Å². The van der Waals surface area contributed by atoms with Gasteiger partial charge in [0.25, 0.3) is 0 Å². The van der Waals surface area contributed by atoms with Gasteiger partial charge in [-0.25, -0.2) is 9.13 Å². The summed E-state index contributed by atoms with van der Waals surface area (Å²) in [5.41, 5.74) is 0. The minimum absolute atomic E-state index is 0. The van der Waals surface area contributed by atoms with Gasteiger partial charge in [0.2, 0.25) is 0 Å². The second kappa shape index (κ2) is 9.18. The van der Waals surface area contributed by atoms with Crippen LogP contribution >= 0.6 is 15.6 Å². The van der Waals surface area contributed by atoms with E-state index in [2.05, 4.69) is 0 Å². The first kappa shape index (κ1) is 23.4. The fraction of sp³-hybridized carbons (Fsp3) is 0. The zero-order chi connectivity index (χ0) is 9.00. The molecule has 0 rings (SSSR count). The molecule has 0 atom stereocenters. The Kier molecular flexibility index (Phi) is 17.9. The van der Waals surface area contributed by atoms with Crippen LogP contribution in [0.25, 0.3) is 0 Å². The molecule has 6 N–H and O–H groups in total. The summed E-state index contributed by atoms with van der Waals surface area (Å²) in [7, 11) is -9.28. The third-order valence-electron chi connectivity index (χ3n) is 0. The normalized spacial score (nSPS) is 9.83. The maximum Gasteiger partial charge on any atom is 2.00 e. The van der Waals surface area contributed by atoms with Crippen LogP contribution in [0.5, 0.6) is 0 Å². The number of rotatable bonds is 0. The monoisotopic (exact) mass is 286 g/mol. The second-order valence-corrected chi connectivity index (χ2v) is 3.08.